The van der Waals surface area contributed by atoms with Crippen LogP contribution < -0.4 is 5.73 Å². The van der Waals surface area contributed by atoms with E-state index in [4.69, 9.17) is 5.73 Å². The number of alkyl halides is 2. The van der Waals surface area contributed by atoms with Crippen LogP contribution in [0, 0.1) is 0 Å². The number of rotatable bonds is 3. The Kier molecular flexibility index (Phi) is 4.78. The summed E-state index contributed by atoms with van der Waals surface area (Å²) in [5.74, 6) is 0. The predicted octanol–water partition coefficient (Wildman–Crippen LogP) is 3.31. The molecule has 0 amide bonds. The van der Waals surface area contributed by atoms with Gasteiger partial charge in [0.1, 0.15) is 0 Å². The molecule has 0 radical (unpaired) electrons. The maximum Gasteiger partial charge on any atom is 0.240 e. The molecule has 2 rings (SSSR count). The molecule has 0 saturated carbocycles. The average molecular weight is 259 g/mol. The first-order valence-corrected chi connectivity index (χ1v) is 5.06. The molecule has 92 valence electrons. The van der Waals surface area contributed by atoms with Gasteiger partial charge in [0.25, 0.3) is 0 Å². The summed E-state index contributed by atoms with van der Waals surface area (Å²) in [5, 5.41) is 0.982. The Labute approximate surface area is 104 Å². The molecule has 1 heterocycles. The van der Waals surface area contributed by atoms with Gasteiger partial charge in [-0.2, -0.15) is 0 Å². The van der Waals surface area contributed by atoms with E-state index < -0.39 is 12.5 Å². The number of pyridine rings is 1. The molecule has 1 aromatic carbocycles. The first kappa shape index (κ1) is 13.8. The van der Waals surface area contributed by atoms with E-state index in [0.717, 1.165) is 10.9 Å². The number of para-hydroxylation sites is 1. The molecule has 0 aliphatic rings. The molecular formula is C12H13ClF2N2. The van der Waals surface area contributed by atoms with E-state index in [0.29, 0.717) is 5.69 Å². The standard InChI is InChI=1S/C12H12F2N2.ClH/c13-12(14)7-9(15)11-6-5-8-3-1-2-4-10(8)16-11;/h1-6,9,12H,7,15H2;1H/t9-;/m1./s1. The van der Waals surface area contributed by atoms with Gasteiger partial charge in [-0.25, -0.2) is 8.78 Å². The average Bonchev–Trinajstić information content (AvgIpc) is 2.27. The number of nitrogens with two attached hydrogens (primary N) is 1. The lowest BCUT2D eigenvalue weighted by Crippen LogP contribution is -2.15. The van der Waals surface area contributed by atoms with Gasteiger partial charge < -0.3 is 5.73 Å². The largest absolute Gasteiger partial charge is 0.322 e. The second-order valence-electron chi connectivity index (χ2n) is 3.66. The van der Waals surface area contributed by atoms with E-state index in [1.165, 1.54) is 0 Å². The molecule has 1 atom stereocenters. The maximum absolute atomic E-state index is 12.2. The summed E-state index contributed by atoms with van der Waals surface area (Å²) in [4.78, 5) is 4.27. The quantitative estimate of drug-likeness (QED) is 0.917. The van der Waals surface area contributed by atoms with E-state index in [1.54, 1.807) is 6.07 Å². The van der Waals surface area contributed by atoms with Gasteiger partial charge in [0.15, 0.2) is 0 Å². The van der Waals surface area contributed by atoms with Crippen LogP contribution in [0.3, 0.4) is 0 Å². The van der Waals surface area contributed by atoms with Crippen LogP contribution in [0.4, 0.5) is 8.78 Å². The Morgan fingerprint density at radius 3 is 2.53 bits per heavy atom. The highest BCUT2D eigenvalue weighted by Gasteiger charge is 2.14. The molecule has 0 aliphatic heterocycles. The van der Waals surface area contributed by atoms with Gasteiger partial charge in [0.05, 0.1) is 17.3 Å². The van der Waals surface area contributed by atoms with Crippen LogP contribution in [-0.2, 0) is 0 Å². The molecule has 17 heavy (non-hydrogen) atoms. The molecule has 0 saturated heterocycles. The van der Waals surface area contributed by atoms with Crippen molar-refractivity contribution in [2.45, 2.75) is 18.9 Å². The Hall–Kier alpha value is -1.26. The topological polar surface area (TPSA) is 38.9 Å². The van der Waals surface area contributed by atoms with Crippen molar-refractivity contribution in [3.63, 3.8) is 0 Å². The van der Waals surface area contributed by atoms with Gasteiger partial charge in [-0.3, -0.25) is 4.98 Å². The molecule has 2 aromatic rings. The van der Waals surface area contributed by atoms with Gasteiger partial charge in [0, 0.05) is 11.8 Å². The highest BCUT2D eigenvalue weighted by atomic mass is 35.5. The van der Waals surface area contributed by atoms with E-state index >= 15 is 0 Å². The van der Waals surface area contributed by atoms with E-state index in [1.807, 2.05) is 30.3 Å². The van der Waals surface area contributed by atoms with Gasteiger partial charge >= 0.3 is 0 Å². The normalized spacial score (nSPS) is 12.5. The first-order chi connectivity index (χ1) is 7.66. The highest BCUT2D eigenvalue weighted by molar-refractivity contribution is 5.85. The number of halogens is 3. The van der Waals surface area contributed by atoms with Crippen molar-refractivity contribution in [1.29, 1.82) is 0 Å². The van der Waals surface area contributed by atoms with Crippen molar-refractivity contribution in [1.82, 2.24) is 4.98 Å². The van der Waals surface area contributed by atoms with Crippen molar-refractivity contribution >= 4 is 23.3 Å². The zero-order chi connectivity index (χ0) is 11.5. The fourth-order valence-electron chi connectivity index (χ4n) is 1.60. The fourth-order valence-corrected chi connectivity index (χ4v) is 1.60. The van der Waals surface area contributed by atoms with Crippen LogP contribution in [0.2, 0.25) is 0 Å². The van der Waals surface area contributed by atoms with E-state index in [9.17, 15) is 8.78 Å². The van der Waals surface area contributed by atoms with Crippen LogP contribution in [-0.4, -0.2) is 11.4 Å². The summed E-state index contributed by atoms with van der Waals surface area (Å²) in [5.41, 5.74) is 6.94. The number of hydrogen-bond donors (Lipinski definition) is 1. The van der Waals surface area contributed by atoms with E-state index in [2.05, 4.69) is 4.98 Å². The summed E-state index contributed by atoms with van der Waals surface area (Å²) in [6.07, 6.45) is -2.76. The Balaban J connectivity index is 0.00000144. The minimum atomic E-state index is -2.40. The van der Waals surface area contributed by atoms with Crippen molar-refractivity contribution < 1.29 is 8.78 Å². The molecule has 0 fully saturated rings. The Morgan fingerprint density at radius 1 is 1.12 bits per heavy atom. The first-order valence-electron chi connectivity index (χ1n) is 5.06. The number of nitrogens with zero attached hydrogens (tertiary/aromatic N) is 1. The van der Waals surface area contributed by atoms with Crippen molar-refractivity contribution in [3.05, 3.63) is 42.1 Å². The molecule has 2 N–H and O–H groups in total. The van der Waals surface area contributed by atoms with Crippen LogP contribution in [0.25, 0.3) is 10.9 Å². The Morgan fingerprint density at radius 2 is 1.82 bits per heavy atom. The summed E-state index contributed by atoms with van der Waals surface area (Å²) < 4.78 is 24.4. The second-order valence-corrected chi connectivity index (χ2v) is 3.66. The maximum atomic E-state index is 12.2. The number of aromatic nitrogens is 1. The molecule has 0 bridgehead atoms. The Bertz CT molecular complexity index is 491. The number of benzene rings is 1. The molecule has 0 unspecified atom stereocenters. The van der Waals surface area contributed by atoms with Crippen LogP contribution >= 0.6 is 12.4 Å². The smallest absolute Gasteiger partial charge is 0.240 e. The van der Waals surface area contributed by atoms with E-state index in [-0.39, 0.29) is 18.8 Å². The molecule has 0 aliphatic carbocycles. The van der Waals surface area contributed by atoms with Gasteiger partial charge in [-0.15, -0.1) is 12.4 Å². The predicted molar refractivity (Wildman–Crippen MR) is 66.5 cm³/mol. The minimum Gasteiger partial charge on any atom is -0.322 e. The minimum absolute atomic E-state index is 0. The molecule has 0 spiro atoms. The zero-order valence-corrected chi connectivity index (χ0v) is 9.83. The molecule has 1 aromatic heterocycles. The van der Waals surface area contributed by atoms with Crippen molar-refractivity contribution in [2.24, 2.45) is 5.73 Å². The second kappa shape index (κ2) is 5.89. The summed E-state index contributed by atoms with van der Waals surface area (Å²) in [6, 6.07) is 10.4. The lowest BCUT2D eigenvalue weighted by atomic mass is 10.1. The highest BCUT2D eigenvalue weighted by Crippen LogP contribution is 2.19. The summed E-state index contributed by atoms with van der Waals surface area (Å²) in [6.45, 7) is 0. The van der Waals surface area contributed by atoms with Gasteiger partial charge in [-0.1, -0.05) is 24.3 Å². The molecular weight excluding hydrogens is 246 g/mol. The SMILES string of the molecule is Cl.N[C@H](CC(F)F)c1ccc2ccccc2n1. The van der Waals surface area contributed by atoms with Crippen LogP contribution in [0.5, 0.6) is 0 Å². The molecule has 5 heteroatoms. The summed E-state index contributed by atoms with van der Waals surface area (Å²) in [7, 11) is 0. The van der Waals surface area contributed by atoms with Crippen molar-refractivity contribution in [2.75, 3.05) is 0 Å². The number of hydrogen-bond acceptors (Lipinski definition) is 2. The van der Waals surface area contributed by atoms with Gasteiger partial charge in [-0.05, 0) is 12.1 Å². The molecule has 2 nitrogen and oxygen atoms in total. The third kappa shape index (κ3) is 3.35. The lowest BCUT2D eigenvalue weighted by Gasteiger charge is -2.10. The fraction of sp³-hybridized carbons (Fsp3) is 0.250. The zero-order valence-electron chi connectivity index (χ0n) is 9.01. The van der Waals surface area contributed by atoms with Crippen molar-refractivity contribution in [3.8, 4) is 0 Å². The van der Waals surface area contributed by atoms with Crippen LogP contribution in [0.15, 0.2) is 36.4 Å². The number of fused-ring (bicyclic) bond motifs is 1. The van der Waals surface area contributed by atoms with Gasteiger partial charge in [0.2, 0.25) is 6.43 Å². The monoisotopic (exact) mass is 258 g/mol. The third-order valence-corrected chi connectivity index (χ3v) is 2.43. The van der Waals surface area contributed by atoms with Crippen LogP contribution in [0.1, 0.15) is 18.2 Å². The lowest BCUT2D eigenvalue weighted by molar-refractivity contribution is 0.128. The third-order valence-electron chi connectivity index (χ3n) is 2.43. The summed E-state index contributed by atoms with van der Waals surface area (Å²) >= 11 is 0.